The first kappa shape index (κ1) is 13.9. The van der Waals surface area contributed by atoms with Crippen LogP contribution in [0, 0.1) is 5.82 Å². The second-order valence-corrected chi connectivity index (χ2v) is 3.88. The van der Waals surface area contributed by atoms with Crippen LogP contribution in [0.1, 0.15) is 31.9 Å². The van der Waals surface area contributed by atoms with Crippen LogP contribution < -0.4 is 10.5 Å². The maximum atomic E-state index is 13.6. The molecule has 0 aliphatic carbocycles. The second kappa shape index (κ2) is 7.25. The molecule has 0 saturated carbocycles. The SMILES string of the molecule is CCOCCCOc1ccc(C(C)N)cc1F. The third-order valence-corrected chi connectivity index (χ3v) is 2.38. The molecular weight excluding hydrogens is 221 g/mol. The lowest BCUT2D eigenvalue weighted by Gasteiger charge is -2.10. The molecule has 1 atom stereocenters. The number of nitrogens with two attached hydrogens (primary N) is 1. The van der Waals surface area contributed by atoms with E-state index in [9.17, 15) is 4.39 Å². The summed E-state index contributed by atoms with van der Waals surface area (Å²) < 4.78 is 24.1. The first-order chi connectivity index (χ1) is 8.15. The van der Waals surface area contributed by atoms with E-state index < -0.39 is 0 Å². The molecule has 1 unspecified atom stereocenters. The standard InChI is InChI=1S/C13H20FNO2/c1-3-16-7-4-8-17-13-6-5-11(10(2)15)9-12(13)14/h5-6,9-10H,3-4,7-8,15H2,1-2H3. The van der Waals surface area contributed by atoms with Crippen molar-refractivity contribution in [3.05, 3.63) is 29.6 Å². The minimum atomic E-state index is -0.365. The molecule has 17 heavy (non-hydrogen) atoms. The van der Waals surface area contributed by atoms with E-state index in [0.717, 1.165) is 12.0 Å². The van der Waals surface area contributed by atoms with Crippen LogP contribution in [0.2, 0.25) is 0 Å². The van der Waals surface area contributed by atoms with Crippen molar-refractivity contribution in [2.75, 3.05) is 19.8 Å². The molecule has 0 bridgehead atoms. The van der Waals surface area contributed by atoms with E-state index in [0.29, 0.717) is 19.8 Å². The van der Waals surface area contributed by atoms with Gasteiger partial charge in [-0.1, -0.05) is 6.07 Å². The number of benzene rings is 1. The van der Waals surface area contributed by atoms with E-state index in [4.69, 9.17) is 15.2 Å². The molecule has 2 N–H and O–H groups in total. The Kier molecular flexibility index (Phi) is 5.94. The maximum absolute atomic E-state index is 13.6. The van der Waals surface area contributed by atoms with E-state index in [2.05, 4.69) is 0 Å². The number of hydrogen-bond acceptors (Lipinski definition) is 3. The lowest BCUT2D eigenvalue weighted by atomic mass is 10.1. The Morgan fingerprint density at radius 1 is 1.35 bits per heavy atom. The Hall–Kier alpha value is -1.13. The Morgan fingerprint density at radius 3 is 2.71 bits per heavy atom. The van der Waals surface area contributed by atoms with E-state index >= 15 is 0 Å². The number of ether oxygens (including phenoxy) is 2. The molecule has 1 aromatic rings. The van der Waals surface area contributed by atoms with Crippen molar-refractivity contribution in [3.8, 4) is 5.75 Å². The molecule has 96 valence electrons. The minimum Gasteiger partial charge on any atom is -0.490 e. The Labute approximate surface area is 102 Å². The van der Waals surface area contributed by atoms with Crippen LogP contribution in [0.3, 0.4) is 0 Å². The van der Waals surface area contributed by atoms with Gasteiger partial charge in [0.25, 0.3) is 0 Å². The van der Waals surface area contributed by atoms with Gasteiger partial charge in [0.15, 0.2) is 11.6 Å². The minimum absolute atomic E-state index is 0.170. The number of rotatable bonds is 7. The average molecular weight is 241 g/mol. The predicted molar refractivity (Wildman–Crippen MR) is 65.6 cm³/mol. The summed E-state index contributed by atoms with van der Waals surface area (Å²) in [7, 11) is 0. The van der Waals surface area contributed by atoms with Gasteiger partial charge in [0.2, 0.25) is 0 Å². The molecule has 0 heterocycles. The average Bonchev–Trinajstić information content (AvgIpc) is 2.30. The van der Waals surface area contributed by atoms with Crippen molar-refractivity contribution in [1.29, 1.82) is 0 Å². The zero-order chi connectivity index (χ0) is 12.7. The van der Waals surface area contributed by atoms with Crippen LogP contribution in [-0.4, -0.2) is 19.8 Å². The topological polar surface area (TPSA) is 44.5 Å². The van der Waals surface area contributed by atoms with Gasteiger partial charge in [-0.05, 0) is 31.5 Å². The predicted octanol–water partition coefficient (Wildman–Crippen LogP) is 2.65. The zero-order valence-corrected chi connectivity index (χ0v) is 10.4. The third kappa shape index (κ3) is 4.71. The molecule has 0 radical (unpaired) electrons. The van der Waals surface area contributed by atoms with Crippen molar-refractivity contribution in [1.82, 2.24) is 0 Å². The molecule has 3 nitrogen and oxygen atoms in total. The smallest absolute Gasteiger partial charge is 0.165 e. The van der Waals surface area contributed by atoms with Crippen LogP contribution in [0.25, 0.3) is 0 Å². The van der Waals surface area contributed by atoms with Gasteiger partial charge in [0, 0.05) is 25.7 Å². The summed E-state index contributed by atoms with van der Waals surface area (Å²) in [5, 5.41) is 0. The summed E-state index contributed by atoms with van der Waals surface area (Å²) in [6.07, 6.45) is 0.752. The van der Waals surface area contributed by atoms with Crippen molar-refractivity contribution in [2.45, 2.75) is 26.3 Å². The fourth-order valence-electron chi connectivity index (χ4n) is 1.40. The highest BCUT2D eigenvalue weighted by molar-refractivity contribution is 5.30. The monoisotopic (exact) mass is 241 g/mol. The van der Waals surface area contributed by atoms with Gasteiger partial charge in [-0.2, -0.15) is 0 Å². The van der Waals surface area contributed by atoms with E-state index in [1.54, 1.807) is 12.1 Å². The maximum Gasteiger partial charge on any atom is 0.165 e. The first-order valence-electron chi connectivity index (χ1n) is 5.90. The Balaban J connectivity index is 2.43. The van der Waals surface area contributed by atoms with Crippen LogP contribution in [-0.2, 0) is 4.74 Å². The Bertz CT molecular complexity index is 342. The summed E-state index contributed by atoms with van der Waals surface area (Å²) in [4.78, 5) is 0. The van der Waals surface area contributed by atoms with Crippen molar-refractivity contribution >= 4 is 0 Å². The lowest BCUT2D eigenvalue weighted by molar-refractivity contribution is 0.130. The quantitative estimate of drug-likeness (QED) is 0.746. The largest absolute Gasteiger partial charge is 0.490 e. The number of hydrogen-bond donors (Lipinski definition) is 1. The molecule has 0 fully saturated rings. The molecule has 0 aromatic heterocycles. The molecule has 0 aliphatic rings. The second-order valence-electron chi connectivity index (χ2n) is 3.88. The molecule has 0 aliphatic heterocycles. The normalized spacial score (nSPS) is 12.5. The van der Waals surface area contributed by atoms with E-state index in [1.165, 1.54) is 6.07 Å². The Morgan fingerprint density at radius 2 is 2.12 bits per heavy atom. The van der Waals surface area contributed by atoms with E-state index in [1.807, 2.05) is 13.8 Å². The van der Waals surface area contributed by atoms with Crippen LogP contribution in [0.4, 0.5) is 4.39 Å². The summed E-state index contributed by atoms with van der Waals surface area (Å²) in [5.74, 6) is -0.0953. The van der Waals surface area contributed by atoms with Gasteiger partial charge >= 0.3 is 0 Å². The summed E-state index contributed by atoms with van der Waals surface area (Å²) >= 11 is 0. The highest BCUT2D eigenvalue weighted by atomic mass is 19.1. The molecule has 4 heteroatoms. The van der Waals surface area contributed by atoms with Gasteiger partial charge in [0.05, 0.1) is 6.61 Å². The zero-order valence-electron chi connectivity index (χ0n) is 10.4. The molecule has 0 saturated heterocycles. The van der Waals surface area contributed by atoms with Gasteiger partial charge in [0.1, 0.15) is 0 Å². The third-order valence-electron chi connectivity index (χ3n) is 2.38. The fraction of sp³-hybridized carbons (Fsp3) is 0.538. The van der Waals surface area contributed by atoms with Crippen molar-refractivity contribution < 1.29 is 13.9 Å². The molecule has 1 rings (SSSR count). The van der Waals surface area contributed by atoms with Gasteiger partial charge in [-0.25, -0.2) is 4.39 Å². The number of halogens is 1. The van der Waals surface area contributed by atoms with Gasteiger partial charge in [-0.3, -0.25) is 0 Å². The van der Waals surface area contributed by atoms with Crippen LogP contribution in [0.15, 0.2) is 18.2 Å². The van der Waals surface area contributed by atoms with Crippen LogP contribution >= 0.6 is 0 Å². The van der Waals surface area contributed by atoms with Gasteiger partial charge < -0.3 is 15.2 Å². The molecule has 1 aromatic carbocycles. The van der Waals surface area contributed by atoms with Crippen LogP contribution in [0.5, 0.6) is 5.75 Å². The molecule has 0 spiro atoms. The summed E-state index contributed by atoms with van der Waals surface area (Å²) in [5.41, 5.74) is 6.43. The van der Waals surface area contributed by atoms with Gasteiger partial charge in [-0.15, -0.1) is 0 Å². The summed E-state index contributed by atoms with van der Waals surface area (Å²) in [6, 6.07) is 4.65. The highest BCUT2D eigenvalue weighted by Gasteiger charge is 2.06. The fourth-order valence-corrected chi connectivity index (χ4v) is 1.40. The van der Waals surface area contributed by atoms with Crippen molar-refractivity contribution in [3.63, 3.8) is 0 Å². The van der Waals surface area contributed by atoms with Crippen molar-refractivity contribution in [2.24, 2.45) is 5.73 Å². The first-order valence-corrected chi connectivity index (χ1v) is 5.90. The molecular formula is C13H20FNO2. The lowest BCUT2D eigenvalue weighted by Crippen LogP contribution is -2.07. The summed E-state index contributed by atoms with van der Waals surface area (Å²) in [6.45, 7) is 5.53. The highest BCUT2D eigenvalue weighted by Crippen LogP contribution is 2.21. The molecule has 0 amide bonds. The van der Waals surface area contributed by atoms with E-state index in [-0.39, 0.29) is 17.6 Å².